The van der Waals surface area contributed by atoms with Gasteiger partial charge in [0.2, 0.25) is 0 Å². The van der Waals surface area contributed by atoms with Crippen LogP contribution in [-0.2, 0) is 17.7 Å². The summed E-state index contributed by atoms with van der Waals surface area (Å²) in [5, 5.41) is 6.19. The minimum Gasteiger partial charge on any atom is -0.375 e. The summed E-state index contributed by atoms with van der Waals surface area (Å²) >= 11 is 1.57. The molecule has 148 valence electrons. The summed E-state index contributed by atoms with van der Waals surface area (Å²) in [5.41, 5.74) is 1.53. The van der Waals surface area contributed by atoms with Gasteiger partial charge in [-0.3, -0.25) is 4.99 Å². The Morgan fingerprint density at radius 3 is 2.67 bits per heavy atom. The number of methoxy groups -OCH3 is 1. The molecule has 27 heavy (non-hydrogen) atoms. The summed E-state index contributed by atoms with van der Waals surface area (Å²) in [6.07, 6.45) is 0.437. The second-order valence-corrected chi connectivity index (χ2v) is 7.06. The van der Waals surface area contributed by atoms with Gasteiger partial charge < -0.3 is 15.0 Å². The number of nitrogens with one attached hydrogen (secondary N) is 1. The molecule has 0 bridgehead atoms. The molecule has 0 radical (unpaired) electrons. The van der Waals surface area contributed by atoms with Crippen molar-refractivity contribution >= 4 is 17.3 Å². The van der Waals surface area contributed by atoms with Gasteiger partial charge >= 0.3 is 0 Å². The van der Waals surface area contributed by atoms with Gasteiger partial charge in [-0.15, -0.1) is 11.3 Å². The molecule has 1 heterocycles. The van der Waals surface area contributed by atoms with Gasteiger partial charge in [0, 0.05) is 38.7 Å². The molecule has 0 saturated heterocycles. The summed E-state index contributed by atoms with van der Waals surface area (Å²) in [6, 6.07) is 3.54. The van der Waals surface area contributed by atoms with Crippen molar-refractivity contribution in [2.75, 3.05) is 27.2 Å². The normalized spacial score (nSPS) is 12.9. The molecule has 1 atom stereocenters. The molecule has 0 amide bonds. The van der Waals surface area contributed by atoms with Crippen molar-refractivity contribution in [1.82, 2.24) is 15.2 Å². The molecule has 5 nitrogen and oxygen atoms in total. The van der Waals surface area contributed by atoms with E-state index in [2.05, 4.69) is 15.3 Å². The number of guanidine groups is 1. The van der Waals surface area contributed by atoms with Gasteiger partial charge in [-0.1, -0.05) is 0 Å². The molecule has 2 aromatic rings. The smallest absolute Gasteiger partial charge is 0.194 e. The largest absolute Gasteiger partial charge is 0.375 e. The number of benzene rings is 1. The third kappa shape index (κ3) is 6.55. The van der Waals surface area contributed by atoms with E-state index in [1.807, 2.05) is 31.2 Å². The molecule has 8 heteroatoms. The number of nitrogens with zero attached hydrogens (tertiary/aromatic N) is 3. The molecular weight excluding hydrogens is 370 g/mol. The van der Waals surface area contributed by atoms with Crippen LogP contribution in [0, 0.1) is 11.6 Å². The van der Waals surface area contributed by atoms with Gasteiger partial charge in [-0.2, -0.15) is 0 Å². The zero-order chi connectivity index (χ0) is 19.8. The average Bonchev–Trinajstić information content (AvgIpc) is 3.08. The number of aliphatic imine (C=N–C) groups is 1. The Kier molecular flexibility index (Phi) is 8.12. The van der Waals surface area contributed by atoms with E-state index in [0.717, 1.165) is 29.3 Å². The third-order valence-electron chi connectivity index (χ3n) is 3.95. The number of halogens is 2. The van der Waals surface area contributed by atoms with Gasteiger partial charge in [0.1, 0.15) is 22.7 Å². The molecule has 1 aromatic heterocycles. The van der Waals surface area contributed by atoms with E-state index >= 15 is 0 Å². The summed E-state index contributed by atoms with van der Waals surface area (Å²) in [4.78, 5) is 11.1. The highest BCUT2D eigenvalue weighted by molar-refractivity contribution is 7.09. The molecule has 0 aliphatic rings. The molecule has 0 saturated carbocycles. The van der Waals surface area contributed by atoms with Gasteiger partial charge in [-0.25, -0.2) is 13.8 Å². The monoisotopic (exact) mass is 396 g/mol. The average molecular weight is 397 g/mol. The number of hydrogen-bond donors (Lipinski definition) is 1. The van der Waals surface area contributed by atoms with Crippen LogP contribution in [0.2, 0.25) is 0 Å². The second-order valence-electron chi connectivity index (χ2n) is 6.17. The van der Waals surface area contributed by atoms with E-state index in [0.29, 0.717) is 25.1 Å². The van der Waals surface area contributed by atoms with Crippen LogP contribution in [0.25, 0.3) is 0 Å². The SMILES string of the molecule is CCNC(=NCCc1cc(F)cc(F)c1)N(C)Cc1csc(C(C)OC)n1. The van der Waals surface area contributed by atoms with Crippen molar-refractivity contribution in [2.24, 2.45) is 4.99 Å². The van der Waals surface area contributed by atoms with Crippen LogP contribution in [0.15, 0.2) is 28.6 Å². The lowest BCUT2D eigenvalue weighted by Gasteiger charge is -2.21. The number of aromatic nitrogens is 1. The standard InChI is InChI=1S/C19H26F2N4OS/c1-5-22-19(23-7-6-14-8-15(20)10-16(21)9-14)25(3)11-17-12-27-18(24-17)13(2)26-4/h8-10,12-13H,5-7,11H2,1-4H3,(H,22,23). The molecule has 0 aliphatic heterocycles. The Morgan fingerprint density at radius 1 is 1.33 bits per heavy atom. The zero-order valence-electron chi connectivity index (χ0n) is 16.1. The predicted molar refractivity (Wildman–Crippen MR) is 105 cm³/mol. The maximum atomic E-state index is 13.3. The van der Waals surface area contributed by atoms with Gasteiger partial charge in [0.25, 0.3) is 0 Å². The minimum absolute atomic E-state index is 0.0253. The van der Waals surface area contributed by atoms with Crippen molar-refractivity contribution < 1.29 is 13.5 Å². The first-order valence-corrected chi connectivity index (χ1v) is 9.72. The van der Waals surface area contributed by atoms with Crippen LogP contribution >= 0.6 is 11.3 Å². The first kappa shape index (κ1) is 21.2. The van der Waals surface area contributed by atoms with Gasteiger partial charge in [0.15, 0.2) is 5.96 Å². The lowest BCUT2D eigenvalue weighted by molar-refractivity contribution is 0.119. The molecular formula is C19H26F2N4OS. The molecule has 1 unspecified atom stereocenters. The fraction of sp³-hybridized carbons (Fsp3) is 0.474. The maximum Gasteiger partial charge on any atom is 0.194 e. The fourth-order valence-electron chi connectivity index (χ4n) is 2.52. The van der Waals surface area contributed by atoms with Crippen LogP contribution in [0.3, 0.4) is 0 Å². The van der Waals surface area contributed by atoms with E-state index in [-0.39, 0.29) is 6.10 Å². The van der Waals surface area contributed by atoms with Crippen LogP contribution in [0.5, 0.6) is 0 Å². The Labute approximate surface area is 163 Å². The van der Waals surface area contributed by atoms with Crippen LogP contribution in [-0.4, -0.2) is 43.1 Å². The summed E-state index contributed by atoms with van der Waals surface area (Å²) in [5.74, 6) is -0.408. The van der Waals surface area contributed by atoms with E-state index in [1.165, 1.54) is 12.1 Å². The number of rotatable bonds is 8. The molecule has 1 N–H and O–H groups in total. The van der Waals surface area contributed by atoms with E-state index in [4.69, 9.17) is 4.74 Å². The Balaban J connectivity index is 1.99. The first-order chi connectivity index (χ1) is 12.9. The minimum atomic E-state index is -0.567. The lowest BCUT2D eigenvalue weighted by atomic mass is 10.1. The van der Waals surface area contributed by atoms with E-state index in [1.54, 1.807) is 18.4 Å². The molecule has 2 rings (SSSR count). The second kappa shape index (κ2) is 10.3. The maximum absolute atomic E-state index is 13.3. The molecule has 0 spiro atoms. The molecule has 0 aliphatic carbocycles. The lowest BCUT2D eigenvalue weighted by Crippen LogP contribution is -2.38. The van der Waals surface area contributed by atoms with E-state index in [9.17, 15) is 8.78 Å². The highest BCUT2D eigenvalue weighted by Gasteiger charge is 2.12. The summed E-state index contributed by atoms with van der Waals surface area (Å²) in [6.45, 7) is 5.71. The topological polar surface area (TPSA) is 49.8 Å². The number of thiazole rings is 1. The van der Waals surface area contributed by atoms with Crippen molar-refractivity contribution in [3.05, 3.63) is 51.5 Å². The Hall–Kier alpha value is -2.06. The third-order valence-corrected chi connectivity index (χ3v) is 5.01. The van der Waals surface area contributed by atoms with Crippen molar-refractivity contribution in [3.8, 4) is 0 Å². The molecule has 0 fully saturated rings. The highest BCUT2D eigenvalue weighted by Crippen LogP contribution is 2.20. The number of hydrogen-bond acceptors (Lipinski definition) is 4. The highest BCUT2D eigenvalue weighted by atomic mass is 32.1. The van der Waals surface area contributed by atoms with Crippen molar-refractivity contribution in [2.45, 2.75) is 32.9 Å². The van der Waals surface area contributed by atoms with E-state index < -0.39 is 11.6 Å². The van der Waals surface area contributed by atoms with Crippen molar-refractivity contribution in [1.29, 1.82) is 0 Å². The Morgan fingerprint density at radius 2 is 2.04 bits per heavy atom. The van der Waals surface area contributed by atoms with Crippen molar-refractivity contribution in [3.63, 3.8) is 0 Å². The number of ether oxygens (including phenoxy) is 1. The van der Waals surface area contributed by atoms with Gasteiger partial charge in [-0.05, 0) is 38.0 Å². The van der Waals surface area contributed by atoms with Gasteiger partial charge in [0.05, 0.1) is 12.2 Å². The summed E-state index contributed by atoms with van der Waals surface area (Å²) < 4.78 is 31.9. The first-order valence-electron chi connectivity index (χ1n) is 8.84. The Bertz CT molecular complexity index is 746. The van der Waals surface area contributed by atoms with Crippen LogP contribution in [0.4, 0.5) is 8.78 Å². The summed E-state index contributed by atoms with van der Waals surface area (Å²) in [7, 11) is 3.60. The predicted octanol–water partition coefficient (Wildman–Crippen LogP) is 3.77. The van der Waals surface area contributed by atoms with Crippen LogP contribution in [0.1, 0.15) is 36.2 Å². The molecule has 1 aromatic carbocycles. The fourth-order valence-corrected chi connectivity index (χ4v) is 3.36. The quantitative estimate of drug-likeness (QED) is 0.545. The zero-order valence-corrected chi connectivity index (χ0v) is 16.9. The van der Waals surface area contributed by atoms with Crippen LogP contribution < -0.4 is 5.32 Å².